The molecule has 0 rings (SSSR count). The Bertz CT molecular complexity index is 625. The third-order valence-corrected chi connectivity index (χ3v) is 7.47. The number of hydrogen-bond acceptors (Lipinski definition) is 6. The summed E-state index contributed by atoms with van der Waals surface area (Å²) in [6.45, 7) is 5.49. The molecule has 0 unspecified atom stereocenters. The van der Waals surface area contributed by atoms with Crippen LogP contribution < -0.4 is 69.3 Å². The van der Waals surface area contributed by atoms with Gasteiger partial charge >= 0.3 is 59.1 Å². The maximum atomic E-state index is 12.8. The van der Waals surface area contributed by atoms with Gasteiger partial charge in [-0.1, -0.05) is 104 Å². The first-order valence-corrected chi connectivity index (χ1v) is 16.3. The van der Waals surface area contributed by atoms with Crippen LogP contribution in [0.25, 0.3) is 0 Å². The summed E-state index contributed by atoms with van der Waals surface area (Å²) in [5.41, 5.74) is 0. The topological polar surface area (TPSA) is 121 Å². The fourth-order valence-electron chi connectivity index (χ4n) is 4.92. The maximum absolute atomic E-state index is 12.8. The molecule has 0 bridgehead atoms. The summed E-state index contributed by atoms with van der Waals surface area (Å²) in [5, 5.41) is 22.0. The van der Waals surface area contributed by atoms with E-state index in [1.807, 2.05) is 0 Å². The molecule has 0 aromatic carbocycles. The number of carboxylic acid groups (broad SMARTS) is 2. The average Bonchev–Trinajstić information content (AvgIpc) is 2.92. The second-order valence-corrected chi connectivity index (χ2v) is 11.2. The normalized spacial score (nSPS) is 10.4. The smallest absolute Gasteiger partial charge is 0.550 e. The van der Waals surface area contributed by atoms with E-state index in [2.05, 4.69) is 13.8 Å². The van der Waals surface area contributed by atoms with Gasteiger partial charge in [0.15, 0.2) is 0 Å². The Balaban J connectivity index is -0.00000760. The van der Waals surface area contributed by atoms with E-state index >= 15 is 0 Å². The first-order valence-electron chi connectivity index (χ1n) is 16.3. The zero-order chi connectivity index (χ0) is 29.8. The Morgan fingerprint density at radius 2 is 0.690 bits per heavy atom. The van der Waals surface area contributed by atoms with Crippen LogP contribution in [0.1, 0.15) is 155 Å². The van der Waals surface area contributed by atoms with Crippen LogP contribution in [0.3, 0.4) is 0 Å². The first kappa shape index (κ1) is 46.3. The monoisotopic (exact) mass is 612 g/mol. The largest absolute Gasteiger partial charge is 1.00 e. The zero-order valence-corrected chi connectivity index (χ0v) is 31.7. The predicted octanol–water partition coefficient (Wildman–Crippen LogP) is -1.23. The standard InChI is InChI=1S/C32H60N2O6.2Na/c1-3-5-7-9-11-13-15-17-21-29(35)33(27-23-31(37)38)25-19-20-26-34(28-24-32(39)40)30(36)22-18-16-14-12-10-8-6-4-2;;/h3-28H2,1-2H3,(H,37,38)(H,39,40);;/q;2*+1/p-2. The number of hydrogen-bond donors (Lipinski definition) is 0. The van der Waals surface area contributed by atoms with Gasteiger partial charge in [-0.3, -0.25) is 9.59 Å². The summed E-state index contributed by atoms with van der Waals surface area (Å²) < 4.78 is 0. The van der Waals surface area contributed by atoms with Crippen LogP contribution in [0.5, 0.6) is 0 Å². The predicted molar refractivity (Wildman–Crippen MR) is 156 cm³/mol. The van der Waals surface area contributed by atoms with Crippen molar-refractivity contribution < 1.29 is 88.5 Å². The fourth-order valence-corrected chi connectivity index (χ4v) is 4.92. The Morgan fingerprint density at radius 3 is 0.976 bits per heavy atom. The van der Waals surface area contributed by atoms with E-state index in [1.165, 1.54) is 64.2 Å². The van der Waals surface area contributed by atoms with Crippen LogP contribution in [0.4, 0.5) is 0 Å². The van der Waals surface area contributed by atoms with Crippen molar-refractivity contribution in [2.75, 3.05) is 26.2 Å². The Kier molecular flexibility index (Phi) is 37.2. The molecule has 234 valence electrons. The van der Waals surface area contributed by atoms with E-state index in [0.29, 0.717) is 38.8 Å². The quantitative estimate of drug-likeness (QED) is 0.0771. The molecule has 2 amide bonds. The molecular weight excluding hydrogens is 554 g/mol. The van der Waals surface area contributed by atoms with E-state index in [4.69, 9.17) is 0 Å². The van der Waals surface area contributed by atoms with E-state index in [9.17, 15) is 29.4 Å². The first-order chi connectivity index (χ1) is 19.3. The number of carbonyl (C=O) groups excluding carboxylic acids is 4. The Morgan fingerprint density at radius 1 is 0.405 bits per heavy atom. The van der Waals surface area contributed by atoms with Crippen molar-refractivity contribution in [3.63, 3.8) is 0 Å². The number of rotatable bonds is 29. The summed E-state index contributed by atoms with van der Waals surface area (Å²) in [4.78, 5) is 50.7. The van der Waals surface area contributed by atoms with Gasteiger partial charge in [-0.15, -0.1) is 0 Å². The van der Waals surface area contributed by atoms with Gasteiger partial charge in [0.2, 0.25) is 11.8 Å². The number of nitrogens with zero attached hydrogens (tertiary/aromatic N) is 2. The molecule has 10 heteroatoms. The molecule has 0 fully saturated rings. The molecule has 8 nitrogen and oxygen atoms in total. The van der Waals surface area contributed by atoms with Gasteiger partial charge in [-0.05, 0) is 25.7 Å². The van der Waals surface area contributed by atoms with E-state index in [-0.39, 0.29) is 96.9 Å². The second kappa shape index (κ2) is 33.8. The molecule has 0 aliphatic heterocycles. The van der Waals surface area contributed by atoms with E-state index in [0.717, 1.165) is 38.5 Å². The molecule has 0 heterocycles. The fraction of sp³-hybridized carbons (Fsp3) is 0.875. The molecule has 0 atom stereocenters. The van der Waals surface area contributed by atoms with Crippen LogP contribution in [0, 0.1) is 0 Å². The summed E-state index contributed by atoms with van der Waals surface area (Å²) in [7, 11) is 0. The van der Waals surface area contributed by atoms with Crippen LogP contribution in [0.15, 0.2) is 0 Å². The van der Waals surface area contributed by atoms with Gasteiger partial charge in [0.1, 0.15) is 0 Å². The summed E-state index contributed by atoms with van der Waals surface area (Å²) >= 11 is 0. The SMILES string of the molecule is CCCCCCCCCCC(=O)N(CCCCN(CCC(=O)[O-])C(=O)CCCCCCCCCC)CCC(=O)[O-].[Na+].[Na+]. The van der Waals surface area contributed by atoms with Gasteiger partial charge < -0.3 is 29.6 Å². The summed E-state index contributed by atoms with van der Waals surface area (Å²) in [6.07, 6.45) is 19.9. The Hall–Kier alpha value is -0.120. The molecule has 0 radical (unpaired) electrons. The van der Waals surface area contributed by atoms with Crippen molar-refractivity contribution in [3.05, 3.63) is 0 Å². The molecule has 0 saturated carbocycles. The van der Waals surface area contributed by atoms with Crippen LogP contribution in [-0.2, 0) is 19.2 Å². The molecule has 0 N–H and O–H groups in total. The van der Waals surface area contributed by atoms with Crippen molar-refractivity contribution in [2.24, 2.45) is 0 Å². The number of aliphatic carboxylic acids is 2. The van der Waals surface area contributed by atoms with Gasteiger partial charge in [-0.2, -0.15) is 0 Å². The molecule has 42 heavy (non-hydrogen) atoms. The van der Waals surface area contributed by atoms with Crippen LogP contribution in [-0.4, -0.2) is 59.7 Å². The van der Waals surface area contributed by atoms with Crippen molar-refractivity contribution >= 4 is 23.8 Å². The summed E-state index contributed by atoms with van der Waals surface area (Å²) in [5.74, 6) is -2.42. The zero-order valence-electron chi connectivity index (χ0n) is 27.7. The number of unbranched alkanes of at least 4 members (excludes halogenated alkanes) is 15. The van der Waals surface area contributed by atoms with Gasteiger partial charge in [0, 0.05) is 63.8 Å². The van der Waals surface area contributed by atoms with Crippen molar-refractivity contribution in [2.45, 2.75) is 155 Å². The average molecular weight is 613 g/mol. The van der Waals surface area contributed by atoms with Crippen LogP contribution in [0.2, 0.25) is 0 Å². The molecule has 0 aliphatic rings. The molecule has 0 aliphatic carbocycles. The van der Waals surface area contributed by atoms with Crippen molar-refractivity contribution in [1.29, 1.82) is 0 Å². The number of amides is 2. The number of carboxylic acids is 2. The molecule has 0 spiro atoms. The molecular formula is C32H58N2Na2O6. The maximum Gasteiger partial charge on any atom is 1.00 e. The molecule has 0 saturated heterocycles. The minimum absolute atomic E-state index is 0. The van der Waals surface area contributed by atoms with Crippen LogP contribution >= 0.6 is 0 Å². The van der Waals surface area contributed by atoms with Gasteiger partial charge in [0.25, 0.3) is 0 Å². The molecule has 0 aromatic rings. The number of carbonyl (C=O) groups is 4. The van der Waals surface area contributed by atoms with E-state index in [1.54, 1.807) is 9.80 Å². The Labute approximate surface area is 301 Å². The second-order valence-electron chi connectivity index (χ2n) is 11.2. The van der Waals surface area contributed by atoms with Crippen molar-refractivity contribution in [3.8, 4) is 0 Å². The van der Waals surface area contributed by atoms with Gasteiger partial charge in [-0.25, -0.2) is 0 Å². The minimum Gasteiger partial charge on any atom is -0.550 e. The summed E-state index contributed by atoms with van der Waals surface area (Å²) in [6, 6.07) is 0. The minimum atomic E-state index is -1.18. The van der Waals surface area contributed by atoms with Crippen molar-refractivity contribution in [1.82, 2.24) is 9.80 Å². The third-order valence-electron chi connectivity index (χ3n) is 7.47. The molecule has 0 aromatic heterocycles. The van der Waals surface area contributed by atoms with E-state index < -0.39 is 11.9 Å². The van der Waals surface area contributed by atoms with Gasteiger partial charge in [0.05, 0.1) is 0 Å². The third kappa shape index (κ3) is 29.9.